The van der Waals surface area contributed by atoms with Gasteiger partial charge in [0.15, 0.2) is 5.78 Å². The first-order chi connectivity index (χ1) is 7.65. The molecule has 0 radical (unpaired) electrons. The van der Waals surface area contributed by atoms with Crippen molar-refractivity contribution in [3.05, 3.63) is 57.3 Å². The Morgan fingerprint density at radius 2 is 2.06 bits per heavy atom. The van der Waals surface area contributed by atoms with Crippen molar-refractivity contribution in [1.82, 2.24) is 0 Å². The third kappa shape index (κ3) is 2.58. The van der Waals surface area contributed by atoms with E-state index in [1.54, 1.807) is 6.92 Å². The van der Waals surface area contributed by atoms with Crippen LogP contribution in [0.4, 0.5) is 0 Å². The topological polar surface area (TPSA) is 17.1 Å². The van der Waals surface area contributed by atoms with Crippen molar-refractivity contribution in [2.45, 2.75) is 20.3 Å². The summed E-state index contributed by atoms with van der Waals surface area (Å²) < 4.78 is 0. The normalized spacial score (nSPS) is 10.4. The minimum Gasteiger partial charge on any atom is -0.295 e. The van der Waals surface area contributed by atoms with Gasteiger partial charge in [0, 0.05) is 21.7 Å². The molecule has 16 heavy (non-hydrogen) atoms. The van der Waals surface area contributed by atoms with Crippen LogP contribution in [0.5, 0.6) is 0 Å². The van der Waals surface area contributed by atoms with Gasteiger partial charge in [0.05, 0.1) is 0 Å². The summed E-state index contributed by atoms with van der Waals surface area (Å²) in [6, 6.07) is 12.2. The van der Waals surface area contributed by atoms with Crippen molar-refractivity contribution in [2.24, 2.45) is 0 Å². The van der Waals surface area contributed by atoms with Crippen molar-refractivity contribution < 1.29 is 4.79 Å². The standard InChI is InChI=1S/C14H14OS/c1-10-6-7-14(16-10)9-12-4-3-5-13(8-12)11(2)15/h3-8H,9H2,1-2H3. The fourth-order valence-corrected chi connectivity index (χ4v) is 2.61. The summed E-state index contributed by atoms with van der Waals surface area (Å²) in [5.74, 6) is 0.129. The second-order valence-corrected chi connectivity index (χ2v) is 5.32. The number of hydrogen-bond acceptors (Lipinski definition) is 2. The number of aryl methyl sites for hydroxylation is 1. The smallest absolute Gasteiger partial charge is 0.159 e. The monoisotopic (exact) mass is 230 g/mol. The van der Waals surface area contributed by atoms with E-state index in [4.69, 9.17) is 0 Å². The minimum atomic E-state index is 0.129. The largest absolute Gasteiger partial charge is 0.295 e. The number of Topliss-reactive ketones (excluding diaryl/α,β-unsaturated/α-hetero) is 1. The molecule has 0 aliphatic heterocycles. The van der Waals surface area contributed by atoms with E-state index >= 15 is 0 Å². The van der Waals surface area contributed by atoms with Crippen LogP contribution >= 0.6 is 11.3 Å². The molecular formula is C14H14OS. The summed E-state index contributed by atoms with van der Waals surface area (Å²) in [7, 11) is 0. The lowest BCUT2D eigenvalue weighted by atomic mass is 10.1. The summed E-state index contributed by atoms with van der Waals surface area (Å²) in [4.78, 5) is 13.9. The highest BCUT2D eigenvalue weighted by Gasteiger charge is 2.02. The van der Waals surface area contributed by atoms with Crippen molar-refractivity contribution in [3.8, 4) is 0 Å². The van der Waals surface area contributed by atoms with Crippen LogP contribution in [0, 0.1) is 6.92 Å². The molecule has 0 aliphatic rings. The highest BCUT2D eigenvalue weighted by Crippen LogP contribution is 2.19. The van der Waals surface area contributed by atoms with E-state index < -0.39 is 0 Å². The highest BCUT2D eigenvalue weighted by molar-refractivity contribution is 7.11. The molecule has 0 atom stereocenters. The first-order valence-electron chi connectivity index (χ1n) is 5.30. The van der Waals surface area contributed by atoms with Gasteiger partial charge in [-0.15, -0.1) is 11.3 Å². The van der Waals surface area contributed by atoms with Crippen LogP contribution in [0.2, 0.25) is 0 Å². The second-order valence-electron chi connectivity index (χ2n) is 3.95. The van der Waals surface area contributed by atoms with E-state index in [1.807, 2.05) is 29.5 Å². The second kappa shape index (κ2) is 4.62. The first kappa shape index (κ1) is 11.1. The average molecular weight is 230 g/mol. The quantitative estimate of drug-likeness (QED) is 0.732. The number of carbonyl (C=O) groups is 1. The SMILES string of the molecule is CC(=O)c1cccc(Cc2ccc(C)s2)c1. The molecule has 0 unspecified atom stereocenters. The molecule has 2 heteroatoms. The summed E-state index contributed by atoms with van der Waals surface area (Å²) >= 11 is 1.81. The van der Waals surface area contributed by atoms with Gasteiger partial charge in [-0.3, -0.25) is 4.79 Å². The van der Waals surface area contributed by atoms with Gasteiger partial charge in [-0.25, -0.2) is 0 Å². The zero-order valence-corrected chi connectivity index (χ0v) is 10.3. The molecule has 0 amide bonds. The van der Waals surface area contributed by atoms with E-state index in [-0.39, 0.29) is 5.78 Å². The molecule has 1 heterocycles. The zero-order chi connectivity index (χ0) is 11.5. The van der Waals surface area contributed by atoms with Crippen molar-refractivity contribution in [3.63, 3.8) is 0 Å². The molecule has 82 valence electrons. The highest BCUT2D eigenvalue weighted by atomic mass is 32.1. The Kier molecular flexibility index (Phi) is 3.20. The third-order valence-corrected chi connectivity index (χ3v) is 3.51. The Bertz CT molecular complexity index is 511. The number of ketones is 1. The van der Waals surface area contributed by atoms with E-state index in [2.05, 4.69) is 25.1 Å². The molecule has 0 saturated heterocycles. The van der Waals surface area contributed by atoms with E-state index in [1.165, 1.54) is 15.3 Å². The maximum absolute atomic E-state index is 11.3. The van der Waals surface area contributed by atoms with Crippen LogP contribution in [0.15, 0.2) is 36.4 Å². The number of rotatable bonds is 3. The first-order valence-corrected chi connectivity index (χ1v) is 6.12. The van der Waals surface area contributed by atoms with Gasteiger partial charge in [-0.05, 0) is 37.6 Å². The lowest BCUT2D eigenvalue weighted by molar-refractivity contribution is 0.101. The maximum Gasteiger partial charge on any atom is 0.159 e. The summed E-state index contributed by atoms with van der Waals surface area (Å²) in [6.45, 7) is 3.72. The Labute approximate surface area is 99.8 Å². The Morgan fingerprint density at radius 3 is 2.69 bits per heavy atom. The van der Waals surface area contributed by atoms with Crippen LogP contribution in [-0.4, -0.2) is 5.78 Å². The zero-order valence-electron chi connectivity index (χ0n) is 9.49. The van der Waals surface area contributed by atoms with Crippen LogP contribution in [0.3, 0.4) is 0 Å². The number of carbonyl (C=O) groups excluding carboxylic acids is 1. The molecule has 0 N–H and O–H groups in total. The molecular weight excluding hydrogens is 216 g/mol. The predicted molar refractivity (Wildman–Crippen MR) is 68.3 cm³/mol. The molecule has 2 rings (SSSR count). The summed E-state index contributed by atoms with van der Waals surface area (Å²) in [6.07, 6.45) is 0.916. The number of hydrogen-bond donors (Lipinski definition) is 0. The van der Waals surface area contributed by atoms with Gasteiger partial charge in [-0.2, -0.15) is 0 Å². The summed E-state index contributed by atoms with van der Waals surface area (Å²) in [5.41, 5.74) is 2.00. The molecule has 2 aromatic rings. The number of thiophene rings is 1. The molecule has 0 aliphatic carbocycles. The van der Waals surface area contributed by atoms with Crippen LogP contribution < -0.4 is 0 Å². The van der Waals surface area contributed by atoms with E-state index in [9.17, 15) is 4.79 Å². The summed E-state index contributed by atoms with van der Waals surface area (Å²) in [5, 5.41) is 0. The van der Waals surface area contributed by atoms with Gasteiger partial charge in [-0.1, -0.05) is 18.2 Å². The van der Waals surface area contributed by atoms with Gasteiger partial charge in [0.2, 0.25) is 0 Å². The fraction of sp³-hybridized carbons (Fsp3) is 0.214. The third-order valence-electron chi connectivity index (χ3n) is 2.51. The van der Waals surface area contributed by atoms with Gasteiger partial charge < -0.3 is 0 Å². The Hall–Kier alpha value is -1.41. The lowest BCUT2D eigenvalue weighted by Crippen LogP contribution is -1.93. The van der Waals surface area contributed by atoms with Gasteiger partial charge in [0.25, 0.3) is 0 Å². The number of benzene rings is 1. The lowest BCUT2D eigenvalue weighted by Gasteiger charge is -2.01. The van der Waals surface area contributed by atoms with Crippen LogP contribution in [0.25, 0.3) is 0 Å². The van der Waals surface area contributed by atoms with E-state index in [0.29, 0.717) is 0 Å². The minimum absolute atomic E-state index is 0.129. The Balaban J connectivity index is 2.21. The van der Waals surface area contributed by atoms with Crippen LogP contribution in [-0.2, 0) is 6.42 Å². The molecule has 0 bridgehead atoms. The molecule has 1 aromatic carbocycles. The predicted octanol–water partition coefficient (Wildman–Crippen LogP) is 3.85. The van der Waals surface area contributed by atoms with E-state index in [0.717, 1.165) is 12.0 Å². The fourth-order valence-electron chi connectivity index (χ4n) is 1.68. The van der Waals surface area contributed by atoms with Gasteiger partial charge in [0.1, 0.15) is 0 Å². The van der Waals surface area contributed by atoms with Crippen molar-refractivity contribution >= 4 is 17.1 Å². The maximum atomic E-state index is 11.3. The Morgan fingerprint density at radius 1 is 1.25 bits per heavy atom. The molecule has 1 aromatic heterocycles. The van der Waals surface area contributed by atoms with Crippen molar-refractivity contribution in [2.75, 3.05) is 0 Å². The van der Waals surface area contributed by atoms with Crippen LogP contribution in [0.1, 0.15) is 32.6 Å². The van der Waals surface area contributed by atoms with Gasteiger partial charge >= 0.3 is 0 Å². The molecule has 0 fully saturated rings. The van der Waals surface area contributed by atoms with Crippen molar-refractivity contribution in [1.29, 1.82) is 0 Å². The average Bonchev–Trinajstić information content (AvgIpc) is 2.64. The molecule has 0 saturated carbocycles. The molecule has 1 nitrogen and oxygen atoms in total. The molecule has 0 spiro atoms.